The molecule has 0 radical (unpaired) electrons. The number of hydrogen-bond donors (Lipinski definition) is 2. The van der Waals surface area contributed by atoms with Crippen LogP contribution >= 0.6 is 0 Å². The number of carbonyl (C=O) groups is 1. The van der Waals surface area contributed by atoms with Crippen LogP contribution in [0.1, 0.15) is 27.6 Å². The van der Waals surface area contributed by atoms with Crippen LogP contribution in [0.2, 0.25) is 0 Å². The van der Waals surface area contributed by atoms with Crippen molar-refractivity contribution in [3.8, 4) is 0 Å². The molecule has 16 heavy (non-hydrogen) atoms. The standard InChI is InChI=1S/C10H9F3O3/c1-5-2-3-6(4-7(5)9(15)16)8(14)10(11,12)13/h2-4,8,14H,1H3,(H,15,16). The molecule has 6 heteroatoms. The van der Waals surface area contributed by atoms with E-state index in [2.05, 4.69) is 0 Å². The fourth-order valence-electron chi connectivity index (χ4n) is 1.23. The molecule has 0 aliphatic heterocycles. The molecule has 1 unspecified atom stereocenters. The van der Waals surface area contributed by atoms with Crippen LogP contribution < -0.4 is 0 Å². The molecule has 3 nitrogen and oxygen atoms in total. The summed E-state index contributed by atoms with van der Waals surface area (Å²) in [7, 11) is 0. The largest absolute Gasteiger partial charge is 0.478 e. The van der Waals surface area contributed by atoms with Crippen LogP contribution in [0.25, 0.3) is 0 Å². The zero-order valence-electron chi connectivity index (χ0n) is 8.25. The first kappa shape index (κ1) is 12.5. The third kappa shape index (κ3) is 2.52. The van der Waals surface area contributed by atoms with Crippen molar-refractivity contribution >= 4 is 5.97 Å². The lowest BCUT2D eigenvalue weighted by atomic mass is 10.0. The third-order valence-electron chi connectivity index (χ3n) is 2.12. The molecule has 0 heterocycles. The highest BCUT2D eigenvalue weighted by atomic mass is 19.4. The molecule has 88 valence electrons. The Morgan fingerprint density at radius 1 is 1.38 bits per heavy atom. The monoisotopic (exact) mass is 234 g/mol. The van der Waals surface area contributed by atoms with Gasteiger partial charge in [-0.1, -0.05) is 12.1 Å². The number of halogens is 3. The lowest BCUT2D eigenvalue weighted by Crippen LogP contribution is -2.20. The average molecular weight is 234 g/mol. The fraction of sp³-hybridized carbons (Fsp3) is 0.300. The number of rotatable bonds is 2. The minimum atomic E-state index is -4.80. The Bertz CT molecular complexity index is 412. The summed E-state index contributed by atoms with van der Waals surface area (Å²) in [5, 5.41) is 17.6. The normalized spacial score (nSPS) is 13.6. The molecule has 0 amide bonds. The lowest BCUT2D eigenvalue weighted by molar-refractivity contribution is -0.206. The average Bonchev–Trinajstić information content (AvgIpc) is 2.15. The van der Waals surface area contributed by atoms with E-state index in [4.69, 9.17) is 10.2 Å². The zero-order chi connectivity index (χ0) is 12.5. The van der Waals surface area contributed by atoms with Gasteiger partial charge in [0.2, 0.25) is 0 Å². The van der Waals surface area contributed by atoms with Crippen molar-refractivity contribution in [2.45, 2.75) is 19.2 Å². The summed E-state index contributed by atoms with van der Waals surface area (Å²) < 4.78 is 36.5. The van der Waals surface area contributed by atoms with Crippen molar-refractivity contribution in [2.24, 2.45) is 0 Å². The summed E-state index contributed by atoms with van der Waals surface area (Å²) in [4.78, 5) is 10.7. The summed E-state index contributed by atoms with van der Waals surface area (Å²) in [5.41, 5.74) is -0.387. The van der Waals surface area contributed by atoms with Crippen molar-refractivity contribution in [1.29, 1.82) is 0 Å². The van der Waals surface area contributed by atoms with Crippen LogP contribution in [0.4, 0.5) is 13.2 Å². The number of hydrogen-bond acceptors (Lipinski definition) is 2. The van der Waals surface area contributed by atoms with E-state index in [0.717, 1.165) is 12.1 Å². The first-order valence-electron chi connectivity index (χ1n) is 4.32. The van der Waals surface area contributed by atoms with Gasteiger partial charge in [-0.15, -0.1) is 0 Å². The molecule has 0 fully saturated rings. The quantitative estimate of drug-likeness (QED) is 0.825. The van der Waals surface area contributed by atoms with Gasteiger partial charge >= 0.3 is 12.1 Å². The highest BCUT2D eigenvalue weighted by molar-refractivity contribution is 5.89. The molecule has 0 saturated carbocycles. The molecule has 1 aromatic rings. The molecule has 0 spiro atoms. The number of aliphatic hydroxyl groups is 1. The number of alkyl halides is 3. The molecular formula is C10H9F3O3. The Kier molecular flexibility index (Phi) is 3.23. The number of carboxylic acid groups (broad SMARTS) is 1. The van der Waals surface area contributed by atoms with E-state index in [0.29, 0.717) is 5.56 Å². The number of aliphatic hydroxyl groups excluding tert-OH is 1. The fourth-order valence-corrected chi connectivity index (χ4v) is 1.23. The lowest BCUT2D eigenvalue weighted by Gasteiger charge is -2.15. The topological polar surface area (TPSA) is 57.5 Å². The van der Waals surface area contributed by atoms with Crippen molar-refractivity contribution in [1.82, 2.24) is 0 Å². The van der Waals surface area contributed by atoms with Crippen molar-refractivity contribution in [3.63, 3.8) is 0 Å². The predicted molar refractivity (Wildman–Crippen MR) is 49.2 cm³/mol. The number of aryl methyl sites for hydroxylation is 1. The minimum Gasteiger partial charge on any atom is -0.478 e. The second-order valence-electron chi connectivity index (χ2n) is 3.32. The maximum Gasteiger partial charge on any atom is 0.418 e. The summed E-state index contributed by atoms with van der Waals surface area (Å²) in [5.74, 6) is -1.33. The van der Waals surface area contributed by atoms with E-state index < -0.39 is 23.8 Å². The second-order valence-corrected chi connectivity index (χ2v) is 3.32. The van der Waals surface area contributed by atoms with Gasteiger partial charge in [0.05, 0.1) is 5.56 Å². The van der Waals surface area contributed by atoms with E-state index in [1.54, 1.807) is 0 Å². The Labute approximate surface area is 89.1 Å². The summed E-state index contributed by atoms with van der Waals surface area (Å²) >= 11 is 0. The maximum absolute atomic E-state index is 12.2. The van der Waals surface area contributed by atoms with Gasteiger partial charge in [0.1, 0.15) is 0 Å². The van der Waals surface area contributed by atoms with Crippen LogP contribution in [0.3, 0.4) is 0 Å². The van der Waals surface area contributed by atoms with Crippen molar-refractivity contribution in [3.05, 3.63) is 34.9 Å². The first-order chi connectivity index (χ1) is 7.23. The van der Waals surface area contributed by atoms with Crippen LogP contribution in [0, 0.1) is 6.92 Å². The molecule has 1 aromatic carbocycles. The van der Waals surface area contributed by atoms with Crippen molar-refractivity contribution in [2.75, 3.05) is 0 Å². The molecule has 1 atom stereocenters. The number of benzene rings is 1. The smallest absolute Gasteiger partial charge is 0.418 e. The summed E-state index contributed by atoms with van der Waals surface area (Å²) in [6.07, 6.45) is -7.46. The highest BCUT2D eigenvalue weighted by Crippen LogP contribution is 2.33. The predicted octanol–water partition coefficient (Wildman–Crippen LogP) is 2.29. The van der Waals surface area contributed by atoms with E-state index in [9.17, 15) is 18.0 Å². The minimum absolute atomic E-state index is 0.249. The van der Waals surface area contributed by atoms with Crippen LogP contribution in [-0.4, -0.2) is 22.4 Å². The molecule has 0 saturated heterocycles. The van der Waals surface area contributed by atoms with Gasteiger partial charge in [-0.05, 0) is 24.1 Å². The van der Waals surface area contributed by atoms with Gasteiger partial charge in [0.15, 0.2) is 6.10 Å². The Hall–Kier alpha value is -1.56. The van der Waals surface area contributed by atoms with Crippen molar-refractivity contribution < 1.29 is 28.2 Å². The van der Waals surface area contributed by atoms with E-state index in [1.807, 2.05) is 0 Å². The van der Waals surface area contributed by atoms with E-state index in [-0.39, 0.29) is 5.56 Å². The van der Waals surface area contributed by atoms with Crippen LogP contribution in [-0.2, 0) is 0 Å². The SMILES string of the molecule is Cc1ccc(C(O)C(F)(F)F)cc1C(=O)O. The molecule has 0 aliphatic rings. The number of carboxylic acids is 1. The first-order valence-corrected chi connectivity index (χ1v) is 4.32. The maximum atomic E-state index is 12.2. The van der Waals surface area contributed by atoms with Gasteiger partial charge in [-0.3, -0.25) is 0 Å². The Balaban J connectivity index is 3.18. The van der Waals surface area contributed by atoms with Crippen LogP contribution in [0.15, 0.2) is 18.2 Å². The van der Waals surface area contributed by atoms with Gasteiger partial charge in [-0.2, -0.15) is 13.2 Å². The summed E-state index contributed by atoms with van der Waals surface area (Å²) in [6, 6.07) is 3.11. The molecule has 0 aliphatic carbocycles. The third-order valence-corrected chi connectivity index (χ3v) is 2.12. The molecule has 1 rings (SSSR count). The summed E-state index contributed by atoms with van der Waals surface area (Å²) in [6.45, 7) is 1.47. The number of aromatic carboxylic acids is 1. The van der Waals surface area contributed by atoms with Gasteiger partial charge < -0.3 is 10.2 Å². The Morgan fingerprint density at radius 2 is 1.94 bits per heavy atom. The molecular weight excluding hydrogens is 225 g/mol. The molecule has 2 N–H and O–H groups in total. The van der Waals surface area contributed by atoms with E-state index >= 15 is 0 Å². The highest BCUT2D eigenvalue weighted by Gasteiger charge is 2.39. The van der Waals surface area contributed by atoms with E-state index in [1.165, 1.54) is 13.0 Å². The van der Waals surface area contributed by atoms with Crippen LogP contribution in [0.5, 0.6) is 0 Å². The zero-order valence-corrected chi connectivity index (χ0v) is 8.25. The Morgan fingerprint density at radius 3 is 2.38 bits per heavy atom. The molecule has 0 bridgehead atoms. The van der Waals surface area contributed by atoms with Gasteiger partial charge in [-0.25, -0.2) is 4.79 Å². The van der Waals surface area contributed by atoms with Gasteiger partial charge in [0, 0.05) is 0 Å². The second kappa shape index (κ2) is 4.13. The molecule has 0 aromatic heterocycles. The van der Waals surface area contributed by atoms with Gasteiger partial charge in [0.25, 0.3) is 0 Å².